The lowest BCUT2D eigenvalue weighted by Gasteiger charge is -2.30. The molecule has 0 spiro atoms. The van der Waals surface area contributed by atoms with Gasteiger partial charge in [0.25, 0.3) is 0 Å². The molecule has 22 N–H and O–H groups in total. The molecule has 0 bridgehead atoms. The average Bonchev–Trinajstić information content (AvgIpc) is 3.56. The second kappa shape index (κ2) is 43.5. The Morgan fingerprint density at radius 1 is 0.326 bits per heavy atom. The highest BCUT2D eigenvalue weighted by atomic mass is 16.4. The molecule has 0 saturated carbocycles. The molecular formula is C63H107N15O11. The highest BCUT2D eigenvalue weighted by Gasteiger charge is 2.37. The highest BCUT2D eigenvalue weighted by Crippen LogP contribution is 2.15. The predicted molar refractivity (Wildman–Crippen MR) is 342 cm³/mol. The number of nitrogens with two attached hydrogens (primary N) is 6. The van der Waals surface area contributed by atoms with Crippen molar-refractivity contribution >= 4 is 59.1 Å². The molecule has 10 atom stereocenters. The zero-order chi connectivity index (χ0) is 66.4. The van der Waals surface area contributed by atoms with Crippen molar-refractivity contribution in [1.29, 1.82) is 0 Å². The van der Waals surface area contributed by atoms with E-state index in [0.29, 0.717) is 101 Å². The third-order valence-electron chi connectivity index (χ3n) is 15.2. The summed E-state index contributed by atoms with van der Waals surface area (Å²) in [6.45, 7) is 11.9. The van der Waals surface area contributed by atoms with Gasteiger partial charge in [0.15, 0.2) is 0 Å². The number of carbonyl (C=O) groups excluding carboxylic acids is 9. The Hall–Kier alpha value is -7.10. The van der Waals surface area contributed by atoms with Gasteiger partial charge in [0, 0.05) is 12.8 Å². The van der Waals surface area contributed by atoms with Gasteiger partial charge < -0.3 is 87.4 Å². The molecule has 0 aromatic heterocycles. The van der Waals surface area contributed by atoms with E-state index in [9.17, 15) is 53.1 Å². The van der Waals surface area contributed by atoms with Crippen molar-refractivity contribution in [2.24, 2.45) is 52.2 Å². The summed E-state index contributed by atoms with van der Waals surface area (Å²) in [6, 6.07) is 5.57. The van der Waals surface area contributed by atoms with Crippen LogP contribution in [0.15, 0.2) is 60.7 Å². The van der Waals surface area contributed by atoms with E-state index in [-0.39, 0.29) is 51.6 Å². The van der Waals surface area contributed by atoms with Crippen LogP contribution in [0.5, 0.6) is 0 Å². The predicted octanol–water partition coefficient (Wildman–Crippen LogP) is -0.140. The maximum Gasteiger partial charge on any atom is 0.326 e. The van der Waals surface area contributed by atoms with Gasteiger partial charge in [0.2, 0.25) is 53.2 Å². The summed E-state index contributed by atoms with van der Waals surface area (Å²) in [4.78, 5) is 140. The van der Waals surface area contributed by atoms with Crippen LogP contribution in [-0.2, 0) is 60.8 Å². The first-order valence-electron chi connectivity index (χ1n) is 31.7. The average molecular weight is 1250 g/mol. The summed E-state index contributed by atoms with van der Waals surface area (Å²) in [5, 5.41) is 34.8. The fourth-order valence-electron chi connectivity index (χ4n) is 9.77. The van der Waals surface area contributed by atoms with Crippen molar-refractivity contribution in [3.05, 3.63) is 71.8 Å². The molecule has 500 valence electrons. The number of carboxylic acid groups (broad SMARTS) is 1. The Balaban J connectivity index is 2.48. The first-order valence-corrected chi connectivity index (χ1v) is 31.7. The third kappa shape index (κ3) is 29.8. The Morgan fingerprint density at radius 3 is 0.910 bits per heavy atom. The van der Waals surface area contributed by atoms with E-state index in [0.717, 1.165) is 0 Å². The van der Waals surface area contributed by atoms with E-state index in [4.69, 9.17) is 34.4 Å². The Morgan fingerprint density at radius 2 is 0.573 bits per heavy atom. The van der Waals surface area contributed by atoms with Crippen molar-refractivity contribution in [2.45, 2.75) is 211 Å². The number of unbranched alkanes of at least 4 members (excludes halogenated alkanes) is 5. The van der Waals surface area contributed by atoms with Crippen LogP contribution in [0.4, 0.5) is 0 Å². The van der Waals surface area contributed by atoms with Crippen molar-refractivity contribution in [1.82, 2.24) is 47.9 Å². The minimum absolute atomic E-state index is 0.0155. The largest absolute Gasteiger partial charge is 0.480 e. The molecular weight excluding hydrogens is 1140 g/mol. The van der Waals surface area contributed by atoms with Crippen LogP contribution in [0.25, 0.3) is 0 Å². The van der Waals surface area contributed by atoms with E-state index >= 15 is 0 Å². The van der Waals surface area contributed by atoms with Crippen LogP contribution in [-0.4, -0.2) is 157 Å². The van der Waals surface area contributed by atoms with E-state index in [1.54, 1.807) is 102 Å². The summed E-state index contributed by atoms with van der Waals surface area (Å²) in [7, 11) is 0. The molecule has 0 aliphatic carbocycles. The molecule has 2 rings (SSSR count). The quantitative estimate of drug-likeness (QED) is 0.0384. The SMILES string of the molecule is CC(C)[C@H](NC(=O)[C@H](CCCCN)NC(=O)[C@H](Cc1ccccc1)NC(=O)[C@@H](NC(=O)[C@@H](NC(=O)[C@@H](CCCCN)NC(=O)[C@H](N)CCCCN)C(C)C)C(C)C)C(=O)N[C@@H](CCCCN)C(=O)N[C@@H](Cc1ccccc1)C(=O)N[C@H](CCCCN)C(=O)O. The molecule has 0 heterocycles. The van der Waals surface area contributed by atoms with Crippen LogP contribution in [0.1, 0.15) is 149 Å². The van der Waals surface area contributed by atoms with E-state index in [2.05, 4.69) is 47.9 Å². The normalized spacial score (nSPS) is 14.7. The number of nitrogens with one attached hydrogen (secondary N) is 9. The Bertz CT molecular complexity index is 2470. The summed E-state index contributed by atoms with van der Waals surface area (Å²) in [5.74, 6) is -9.26. The zero-order valence-corrected chi connectivity index (χ0v) is 53.3. The minimum atomic E-state index is -1.33. The smallest absolute Gasteiger partial charge is 0.326 e. The topological polar surface area (TPSA) is 455 Å². The van der Waals surface area contributed by atoms with E-state index in [1.165, 1.54) is 0 Å². The lowest BCUT2D eigenvalue weighted by atomic mass is 9.98. The number of carbonyl (C=O) groups is 10. The molecule has 0 aliphatic heterocycles. The Labute approximate surface area is 525 Å². The van der Waals surface area contributed by atoms with Crippen LogP contribution in [0, 0.1) is 17.8 Å². The van der Waals surface area contributed by atoms with Gasteiger partial charge in [-0.05, 0) is 151 Å². The molecule has 0 radical (unpaired) electrons. The minimum Gasteiger partial charge on any atom is -0.480 e. The lowest BCUT2D eigenvalue weighted by molar-refractivity contribution is -0.142. The lowest BCUT2D eigenvalue weighted by Crippen LogP contribution is -2.62. The number of carboxylic acids is 1. The summed E-state index contributed by atoms with van der Waals surface area (Å²) >= 11 is 0. The maximum atomic E-state index is 14.7. The molecule has 0 unspecified atom stereocenters. The number of hydrogen-bond donors (Lipinski definition) is 16. The van der Waals surface area contributed by atoms with Gasteiger partial charge >= 0.3 is 5.97 Å². The maximum absolute atomic E-state index is 14.7. The van der Waals surface area contributed by atoms with Crippen molar-refractivity contribution < 1.29 is 53.1 Å². The summed E-state index contributed by atoms with van der Waals surface area (Å²) < 4.78 is 0. The number of amides is 9. The number of aliphatic carboxylic acids is 1. The van der Waals surface area contributed by atoms with Crippen LogP contribution < -0.4 is 82.3 Å². The molecule has 89 heavy (non-hydrogen) atoms. The fourth-order valence-corrected chi connectivity index (χ4v) is 9.77. The fraction of sp³-hybridized carbons (Fsp3) is 0.651. The highest BCUT2D eigenvalue weighted by molar-refractivity contribution is 5.99. The summed E-state index contributed by atoms with van der Waals surface area (Å²) in [5.41, 5.74) is 36.1. The van der Waals surface area contributed by atoms with Crippen LogP contribution in [0.2, 0.25) is 0 Å². The number of benzene rings is 2. The molecule has 26 nitrogen and oxygen atoms in total. The van der Waals surface area contributed by atoms with Crippen LogP contribution in [0.3, 0.4) is 0 Å². The van der Waals surface area contributed by atoms with Crippen molar-refractivity contribution in [3.63, 3.8) is 0 Å². The second-order valence-electron chi connectivity index (χ2n) is 23.8. The van der Waals surface area contributed by atoms with E-state index in [1.807, 2.05) is 0 Å². The molecule has 2 aromatic rings. The van der Waals surface area contributed by atoms with Gasteiger partial charge in [0.1, 0.15) is 54.4 Å². The van der Waals surface area contributed by atoms with Gasteiger partial charge in [-0.25, -0.2) is 4.79 Å². The first kappa shape index (κ1) is 78.0. The van der Waals surface area contributed by atoms with Gasteiger partial charge in [-0.3, -0.25) is 43.2 Å². The Kier molecular flexibility index (Phi) is 38.2. The standard InChI is InChI=1S/C63H107N15O11/c1-39(2)51(60(85)72-45(28-14-19-33-65)55(80)74-49(37-42-23-9-7-10-24-42)59(84)73-48(63(88)89)31-17-22-36-68)76-57(82)47(30-16-21-35-67)71-58(83)50(38-43-25-11-8-12-26-43)75-61(86)52(40(3)4)78-62(87)53(41(5)6)77-56(81)46(29-15-20-34-66)70-54(79)44(69)27-13-18-32-64/h7-12,23-26,39-41,44-53H,13-22,27-38,64-69H2,1-6H3,(H,70,79)(H,71,83)(H,72,85)(H,73,84)(H,74,80)(H,75,86)(H,76,82)(H,77,81)(H,78,87)(H,88,89)/t44-,45+,46-,47+,48-,49+,50+,51+,52+,53+/m1/s1. The van der Waals surface area contributed by atoms with Crippen molar-refractivity contribution in [2.75, 3.05) is 32.7 Å². The first-order chi connectivity index (χ1) is 42.4. The summed E-state index contributed by atoms with van der Waals surface area (Å²) in [6.07, 6.45) is 5.78. The molecule has 9 amide bonds. The molecule has 2 aromatic carbocycles. The number of rotatable bonds is 46. The molecule has 0 fully saturated rings. The van der Waals surface area contributed by atoms with Gasteiger partial charge in [-0.1, -0.05) is 109 Å². The van der Waals surface area contributed by atoms with Gasteiger partial charge in [-0.2, -0.15) is 0 Å². The monoisotopic (exact) mass is 1250 g/mol. The van der Waals surface area contributed by atoms with Gasteiger partial charge in [-0.15, -0.1) is 0 Å². The molecule has 26 heteroatoms. The van der Waals surface area contributed by atoms with Gasteiger partial charge in [0.05, 0.1) is 6.04 Å². The van der Waals surface area contributed by atoms with Crippen LogP contribution >= 0.6 is 0 Å². The zero-order valence-electron chi connectivity index (χ0n) is 53.3. The van der Waals surface area contributed by atoms with Crippen molar-refractivity contribution in [3.8, 4) is 0 Å². The second-order valence-corrected chi connectivity index (χ2v) is 23.8. The third-order valence-corrected chi connectivity index (χ3v) is 15.2. The molecule has 0 aliphatic rings. The molecule has 0 saturated heterocycles. The number of hydrogen-bond acceptors (Lipinski definition) is 16. The van der Waals surface area contributed by atoms with E-state index < -0.39 is 137 Å².